The number of hydrogen-bond donors (Lipinski definition) is 2. The van der Waals surface area contributed by atoms with Gasteiger partial charge in [-0.15, -0.1) is 0 Å². The number of rotatable bonds is 1. The van der Waals surface area contributed by atoms with Crippen LogP contribution in [0.4, 0.5) is 22.4 Å². The Bertz CT molecular complexity index is 1010. The summed E-state index contributed by atoms with van der Waals surface area (Å²) >= 11 is 0. The summed E-state index contributed by atoms with van der Waals surface area (Å²) in [6, 6.07) is 2.79. The molecule has 0 bridgehead atoms. The van der Waals surface area contributed by atoms with Crippen LogP contribution in [0.15, 0.2) is 29.3 Å². The molecule has 1 aliphatic heterocycles. The minimum absolute atomic E-state index is 0. The van der Waals surface area contributed by atoms with Crippen molar-refractivity contribution in [2.45, 2.75) is 32.2 Å². The number of fused-ring (bicyclic) bond motifs is 2. The van der Waals surface area contributed by atoms with E-state index in [2.05, 4.69) is 4.99 Å². The molecule has 154 valence electrons. The van der Waals surface area contributed by atoms with E-state index in [0.717, 1.165) is 6.07 Å². The molecule has 2 amide bonds. The second-order valence-corrected chi connectivity index (χ2v) is 7.15. The molecule has 5 nitrogen and oxygen atoms in total. The summed E-state index contributed by atoms with van der Waals surface area (Å²) in [6.07, 6.45) is 1.22. The second kappa shape index (κ2) is 7.06. The molecular weight excluding hydrogens is 388 g/mol. The van der Waals surface area contributed by atoms with Crippen LogP contribution < -0.4 is 11.5 Å². The van der Waals surface area contributed by atoms with Gasteiger partial charge in [-0.1, -0.05) is 13.5 Å². The van der Waals surface area contributed by atoms with E-state index >= 15 is 0 Å². The predicted molar refractivity (Wildman–Crippen MR) is 101 cm³/mol. The van der Waals surface area contributed by atoms with Crippen molar-refractivity contribution in [3.63, 3.8) is 0 Å². The van der Waals surface area contributed by atoms with Gasteiger partial charge in [-0.05, 0) is 30.0 Å². The number of carbonyl (C=O) groups is 1. The number of benzene rings is 2. The van der Waals surface area contributed by atoms with E-state index in [4.69, 9.17) is 11.5 Å². The fourth-order valence-corrected chi connectivity index (χ4v) is 3.96. The molecular formula is C20H20F4N4O. The van der Waals surface area contributed by atoms with Crippen LogP contribution in [0.25, 0.3) is 11.1 Å². The van der Waals surface area contributed by atoms with E-state index in [-0.39, 0.29) is 31.6 Å². The summed E-state index contributed by atoms with van der Waals surface area (Å²) in [5.74, 6) is -4.20. The van der Waals surface area contributed by atoms with Crippen molar-refractivity contribution in [1.82, 2.24) is 4.90 Å². The Morgan fingerprint density at radius 2 is 1.66 bits per heavy atom. The van der Waals surface area contributed by atoms with Gasteiger partial charge in [-0.25, -0.2) is 22.4 Å². The molecule has 2 aliphatic rings. The van der Waals surface area contributed by atoms with Crippen molar-refractivity contribution in [2.75, 3.05) is 6.54 Å². The van der Waals surface area contributed by atoms with Gasteiger partial charge >= 0.3 is 6.03 Å². The van der Waals surface area contributed by atoms with Gasteiger partial charge in [0.05, 0.1) is 5.56 Å². The molecule has 4 rings (SSSR count). The summed E-state index contributed by atoms with van der Waals surface area (Å²) in [5.41, 5.74) is 10.1. The lowest BCUT2D eigenvalue weighted by Gasteiger charge is -2.35. The third-order valence-electron chi connectivity index (χ3n) is 5.26. The van der Waals surface area contributed by atoms with E-state index in [1.54, 1.807) is 0 Å². The maximum atomic E-state index is 14.7. The van der Waals surface area contributed by atoms with Crippen molar-refractivity contribution < 1.29 is 22.4 Å². The van der Waals surface area contributed by atoms with Gasteiger partial charge in [0.2, 0.25) is 0 Å². The third-order valence-corrected chi connectivity index (χ3v) is 5.26. The van der Waals surface area contributed by atoms with Crippen molar-refractivity contribution in [3.8, 4) is 11.1 Å². The fourth-order valence-electron chi connectivity index (χ4n) is 3.96. The molecule has 1 heterocycles. The van der Waals surface area contributed by atoms with Gasteiger partial charge in [0.15, 0.2) is 5.96 Å². The molecule has 9 heteroatoms. The molecule has 1 saturated carbocycles. The predicted octanol–water partition coefficient (Wildman–Crippen LogP) is 3.79. The molecule has 0 aromatic heterocycles. The lowest BCUT2D eigenvalue weighted by atomic mass is 9.82. The Morgan fingerprint density at radius 3 is 2.21 bits per heavy atom. The molecule has 1 fully saturated rings. The summed E-state index contributed by atoms with van der Waals surface area (Å²) in [5, 5.41) is 0. The summed E-state index contributed by atoms with van der Waals surface area (Å²) in [6.45, 7) is 0.0699. The Morgan fingerprint density at radius 1 is 1.03 bits per heavy atom. The summed E-state index contributed by atoms with van der Waals surface area (Å²) in [4.78, 5) is 17.2. The molecule has 0 unspecified atom stereocenters. The molecule has 29 heavy (non-hydrogen) atoms. The van der Waals surface area contributed by atoms with Gasteiger partial charge in [0.25, 0.3) is 0 Å². The topological polar surface area (TPSA) is 84.7 Å². The highest BCUT2D eigenvalue weighted by Crippen LogP contribution is 2.55. The number of amides is 2. The van der Waals surface area contributed by atoms with E-state index in [1.807, 2.05) is 0 Å². The van der Waals surface area contributed by atoms with E-state index in [1.165, 1.54) is 11.0 Å². The standard InChI is InChI=1S/C19H16F4N4O.CH4/c20-9-5-13(22)15(14(23)6-9)10-1-2-12(21)16-11(10)7-27(8-19(16)3-4-19)18(28)26-17(24)25;/h1-2,5-6H,3-4,7-8H2,(H4,24,25,26,28);1H4. The van der Waals surface area contributed by atoms with Gasteiger partial charge < -0.3 is 16.4 Å². The molecule has 1 spiro atoms. The van der Waals surface area contributed by atoms with Crippen LogP contribution in [0.3, 0.4) is 0 Å². The van der Waals surface area contributed by atoms with Crippen LogP contribution in [-0.2, 0) is 12.0 Å². The SMILES string of the molecule is C.NC(N)=NC(=O)N1Cc2c(-c3c(F)cc(F)cc3F)ccc(F)c2C2(CC2)C1. The number of carbonyl (C=O) groups excluding carboxylic acids is 1. The first-order valence-electron chi connectivity index (χ1n) is 8.57. The maximum Gasteiger partial charge on any atom is 0.347 e. The lowest BCUT2D eigenvalue weighted by molar-refractivity contribution is 0.192. The van der Waals surface area contributed by atoms with Crippen molar-refractivity contribution in [3.05, 3.63) is 58.7 Å². The van der Waals surface area contributed by atoms with Crippen molar-refractivity contribution >= 4 is 12.0 Å². The summed E-state index contributed by atoms with van der Waals surface area (Å²) in [7, 11) is 0. The molecule has 1 aliphatic carbocycles. The first-order valence-corrected chi connectivity index (χ1v) is 8.57. The van der Waals surface area contributed by atoms with E-state index in [9.17, 15) is 22.4 Å². The average molecular weight is 408 g/mol. The normalized spacial score (nSPS) is 16.1. The van der Waals surface area contributed by atoms with E-state index in [0.29, 0.717) is 30.5 Å². The number of urea groups is 1. The number of aliphatic imine (C=N–C) groups is 1. The second-order valence-electron chi connectivity index (χ2n) is 7.15. The highest BCUT2D eigenvalue weighted by atomic mass is 19.1. The Balaban J connectivity index is 0.00000240. The average Bonchev–Trinajstić information content (AvgIpc) is 3.34. The first-order chi connectivity index (χ1) is 13.2. The minimum Gasteiger partial charge on any atom is -0.370 e. The number of nitrogens with zero attached hydrogens (tertiary/aromatic N) is 2. The van der Waals surface area contributed by atoms with Crippen LogP contribution in [0.5, 0.6) is 0 Å². The van der Waals surface area contributed by atoms with Gasteiger partial charge in [-0.3, -0.25) is 0 Å². The molecule has 2 aromatic rings. The molecule has 4 N–H and O–H groups in total. The van der Waals surface area contributed by atoms with Crippen molar-refractivity contribution in [1.29, 1.82) is 0 Å². The number of halogens is 4. The lowest BCUT2D eigenvalue weighted by Crippen LogP contribution is -2.42. The zero-order valence-corrected chi connectivity index (χ0v) is 14.6. The zero-order chi connectivity index (χ0) is 20.2. The maximum absolute atomic E-state index is 14.7. The van der Waals surface area contributed by atoms with Gasteiger partial charge in [0, 0.05) is 36.2 Å². The quantitative estimate of drug-likeness (QED) is 0.428. The van der Waals surface area contributed by atoms with Gasteiger partial charge in [0.1, 0.15) is 23.3 Å². The molecule has 0 saturated heterocycles. The van der Waals surface area contributed by atoms with Crippen LogP contribution in [0.1, 0.15) is 31.4 Å². The highest BCUT2D eigenvalue weighted by molar-refractivity contribution is 5.91. The summed E-state index contributed by atoms with van der Waals surface area (Å²) < 4.78 is 56.8. The van der Waals surface area contributed by atoms with Crippen LogP contribution in [-0.4, -0.2) is 23.4 Å². The number of guanidine groups is 1. The minimum atomic E-state index is -1.11. The molecule has 2 aromatic carbocycles. The Hall–Kier alpha value is -3.10. The zero-order valence-electron chi connectivity index (χ0n) is 14.6. The molecule has 0 radical (unpaired) electrons. The number of hydrogen-bond acceptors (Lipinski definition) is 1. The Labute approximate surface area is 165 Å². The fraction of sp³-hybridized carbons (Fsp3) is 0.300. The van der Waals surface area contributed by atoms with Crippen LogP contribution >= 0.6 is 0 Å². The highest BCUT2D eigenvalue weighted by Gasteiger charge is 2.52. The van der Waals surface area contributed by atoms with E-state index < -0.39 is 46.2 Å². The monoisotopic (exact) mass is 408 g/mol. The largest absolute Gasteiger partial charge is 0.370 e. The smallest absolute Gasteiger partial charge is 0.347 e. The van der Waals surface area contributed by atoms with Crippen LogP contribution in [0, 0.1) is 23.3 Å². The molecule has 0 atom stereocenters. The first kappa shape index (κ1) is 20.6. The van der Waals surface area contributed by atoms with Crippen LogP contribution in [0.2, 0.25) is 0 Å². The third kappa shape index (κ3) is 3.41. The van der Waals surface area contributed by atoms with Crippen molar-refractivity contribution in [2.24, 2.45) is 16.5 Å². The van der Waals surface area contributed by atoms with Gasteiger partial charge in [-0.2, -0.15) is 4.99 Å². The number of nitrogens with two attached hydrogens (primary N) is 2. The Kier molecular flexibility index (Phi) is 5.02.